The number of rotatable bonds is 8. The van der Waals surface area contributed by atoms with Gasteiger partial charge >= 0.3 is 0 Å². The van der Waals surface area contributed by atoms with Gasteiger partial charge in [-0.05, 0) is 47.3 Å². The summed E-state index contributed by atoms with van der Waals surface area (Å²) in [5, 5.41) is 13.8. The van der Waals surface area contributed by atoms with Gasteiger partial charge in [0, 0.05) is 10.9 Å². The van der Waals surface area contributed by atoms with E-state index in [1.54, 1.807) is 24.3 Å². The Morgan fingerprint density at radius 3 is 2.36 bits per heavy atom. The smallest absolute Gasteiger partial charge is 0.295 e. The molecule has 1 saturated heterocycles. The van der Waals surface area contributed by atoms with Crippen molar-refractivity contribution in [3.05, 3.63) is 111 Å². The molecule has 1 N–H and O–H groups in total. The number of hydrogen-bond acceptors (Lipinski definition) is 7. The van der Waals surface area contributed by atoms with Crippen LogP contribution in [0.15, 0.2) is 89.8 Å². The third-order valence-electron chi connectivity index (χ3n) is 6.33. The number of methoxy groups -OCH3 is 2. The minimum Gasteiger partial charge on any atom is -0.507 e. The van der Waals surface area contributed by atoms with Gasteiger partial charge in [-0.2, -0.15) is 0 Å². The molecule has 0 radical (unpaired) electrons. The molecule has 1 unspecified atom stereocenters. The fourth-order valence-corrected chi connectivity index (χ4v) is 5.46. The number of carbonyl (C=O) groups is 2. The molecule has 0 bridgehead atoms. The first kappa shape index (κ1) is 26.3. The van der Waals surface area contributed by atoms with E-state index in [1.807, 2.05) is 47.8 Å². The van der Waals surface area contributed by atoms with Gasteiger partial charge in [-0.3, -0.25) is 9.59 Å². The third kappa shape index (κ3) is 5.21. The number of nitrogens with zero attached hydrogens (tertiary/aromatic N) is 1. The maximum absolute atomic E-state index is 13.5. The van der Waals surface area contributed by atoms with Gasteiger partial charge in [-0.15, -0.1) is 11.3 Å². The Labute approximate surface area is 234 Å². The highest BCUT2D eigenvalue weighted by molar-refractivity contribution is 7.09. The van der Waals surface area contributed by atoms with Gasteiger partial charge in [0.05, 0.1) is 43.0 Å². The number of likely N-dealkylation sites (tertiary alicyclic amines) is 1. The Morgan fingerprint density at radius 1 is 0.923 bits per heavy atom. The molecule has 2 heterocycles. The molecule has 1 amide bonds. The quantitative estimate of drug-likeness (QED) is 0.144. The lowest BCUT2D eigenvalue weighted by Crippen LogP contribution is -2.28. The van der Waals surface area contributed by atoms with Crippen molar-refractivity contribution in [3.8, 4) is 23.0 Å². The summed E-state index contributed by atoms with van der Waals surface area (Å²) in [6.45, 7) is 0.189. The van der Waals surface area contributed by atoms with Crippen LogP contribution in [-0.2, 0) is 16.1 Å². The summed E-state index contributed by atoms with van der Waals surface area (Å²) in [6, 6.07) is 22.3. The van der Waals surface area contributed by atoms with Gasteiger partial charge in [0.1, 0.15) is 28.8 Å². The van der Waals surface area contributed by atoms with Crippen LogP contribution in [0.4, 0.5) is 0 Å². The van der Waals surface area contributed by atoms with E-state index < -0.39 is 23.5 Å². The first-order valence-corrected chi connectivity index (χ1v) is 13.2. The van der Waals surface area contributed by atoms with Gasteiger partial charge in [0.15, 0.2) is 0 Å². The van der Waals surface area contributed by atoms with E-state index in [0.29, 0.717) is 17.1 Å². The van der Waals surface area contributed by atoms with Gasteiger partial charge < -0.3 is 24.2 Å². The topological polar surface area (TPSA) is 85.3 Å². The number of para-hydroxylation sites is 1. The van der Waals surface area contributed by atoms with E-state index in [1.165, 1.54) is 42.6 Å². The molecule has 1 fully saturated rings. The van der Waals surface area contributed by atoms with Crippen molar-refractivity contribution >= 4 is 40.4 Å². The summed E-state index contributed by atoms with van der Waals surface area (Å²) in [5.41, 5.74) is 0.700. The number of carbonyl (C=O) groups excluding carboxylic acids is 2. The molecule has 1 atom stereocenters. The zero-order chi connectivity index (χ0) is 27.5. The van der Waals surface area contributed by atoms with Gasteiger partial charge in [-0.25, -0.2) is 0 Å². The maximum atomic E-state index is 13.5. The summed E-state index contributed by atoms with van der Waals surface area (Å²) in [4.78, 5) is 29.3. The van der Waals surface area contributed by atoms with Crippen molar-refractivity contribution in [2.45, 2.75) is 12.6 Å². The van der Waals surface area contributed by atoms with Crippen LogP contribution in [0.3, 0.4) is 0 Å². The van der Waals surface area contributed by atoms with Crippen LogP contribution in [0.2, 0.25) is 5.02 Å². The highest BCUT2D eigenvalue weighted by Gasteiger charge is 2.46. The van der Waals surface area contributed by atoms with Crippen molar-refractivity contribution in [1.29, 1.82) is 0 Å². The molecule has 4 aromatic rings. The van der Waals surface area contributed by atoms with Crippen molar-refractivity contribution in [2.24, 2.45) is 0 Å². The zero-order valence-corrected chi connectivity index (χ0v) is 22.7. The summed E-state index contributed by atoms with van der Waals surface area (Å²) < 4.78 is 16.8. The highest BCUT2D eigenvalue weighted by atomic mass is 35.5. The molecule has 7 nitrogen and oxygen atoms in total. The normalized spacial score (nSPS) is 16.4. The van der Waals surface area contributed by atoms with E-state index in [2.05, 4.69) is 0 Å². The summed E-state index contributed by atoms with van der Waals surface area (Å²) in [5.74, 6) is -0.257. The molecule has 1 aromatic heterocycles. The van der Waals surface area contributed by atoms with Gasteiger partial charge in [0.25, 0.3) is 11.7 Å². The molecule has 1 aliphatic heterocycles. The average Bonchev–Trinajstić information content (AvgIpc) is 3.55. The Hall–Kier alpha value is -4.27. The number of ether oxygens (including phenoxy) is 3. The Balaban J connectivity index is 1.66. The number of thiophene rings is 1. The van der Waals surface area contributed by atoms with Crippen LogP contribution in [0, 0.1) is 0 Å². The number of aliphatic hydroxyl groups excluding tert-OH is 1. The predicted octanol–water partition coefficient (Wildman–Crippen LogP) is 6.83. The number of amides is 1. The van der Waals surface area contributed by atoms with E-state index in [0.717, 1.165) is 4.88 Å². The minimum absolute atomic E-state index is 0.0731. The minimum atomic E-state index is -0.891. The van der Waals surface area contributed by atoms with Crippen LogP contribution in [0.25, 0.3) is 5.76 Å². The SMILES string of the molecule is COc1cc(/C(O)=C2\C(=O)C(=O)N(Cc3cccs3)C2c2cccc(Oc3ccccc3)c2)c(OC)cc1Cl. The average molecular weight is 562 g/mol. The van der Waals surface area contributed by atoms with E-state index in [-0.39, 0.29) is 34.2 Å². The molecule has 3 aromatic carbocycles. The second kappa shape index (κ2) is 11.2. The molecular weight excluding hydrogens is 538 g/mol. The number of ketones is 1. The number of aliphatic hydroxyl groups is 1. The molecule has 9 heteroatoms. The number of benzene rings is 3. The monoisotopic (exact) mass is 561 g/mol. The number of Topliss-reactive ketones (excluding diaryl/α,β-unsaturated/α-hetero) is 1. The fraction of sp³-hybridized carbons (Fsp3) is 0.133. The Kier molecular flexibility index (Phi) is 7.58. The zero-order valence-electron chi connectivity index (χ0n) is 21.1. The fourth-order valence-electron chi connectivity index (χ4n) is 4.52. The summed E-state index contributed by atoms with van der Waals surface area (Å²) in [6.07, 6.45) is 0. The van der Waals surface area contributed by atoms with Gasteiger partial charge in [0.2, 0.25) is 0 Å². The van der Waals surface area contributed by atoms with Crippen LogP contribution in [0.1, 0.15) is 22.0 Å². The van der Waals surface area contributed by atoms with Crippen molar-refractivity contribution in [3.63, 3.8) is 0 Å². The number of halogens is 1. The maximum Gasteiger partial charge on any atom is 0.295 e. The van der Waals surface area contributed by atoms with Crippen LogP contribution in [0.5, 0.6) is 23.0 Å². The molecule has 0 saturated carbocycles. The standard InChI is InChI=1S/C30H24ClNO6S/c1-36-24-16-23(31)25(37-2)15-22(24)28(33)26-27(32(30(35)29(26)34)17-21-12-7-13-39-21)18-8-6-11-20(14-18)38-19-9-4-3-5-10-19/h3-16,27,33H,17H2,1-2H3/b28-26+. The molecule has 5 rings (SSSR count). The van der Waals surface area contributed by atoms with Crippen LogP contribution in [-0.4, -0.2) is 35.9 Å². The summed E-state index contributed by atoms with van der Waals surface area (Å²) >= 11 is 7.74. The van der Waals surface area contributed by atoms with Crippen molar-refractivity contribution < 1.29 is 28.9 Å². The first-order valence-electron chi connectivity index (χ1n) is 12.0. The molecule has 0 aliphatic carbocycles. The Bertz CT molecular complexity index is 1550. The molecular formula is C30H24ClNO6S. The lowest BCUT2D eigenvalue weighted by Gasteiger charge is -2.25. The third-order valence-corrected chi connectivity index (χ3v) is 7.48. The van der Waals surface area contributed by atoms with E-state index in [9.17, 15) is 14.7 Å². The highest BCUT2D eigenvalue weighted by Crippen LogP contribution is 2.44. The van der Waals surface area contributed by atoms with Gasteiger partial charge in [-0.1, -0.05) is 48.0 Å². The molecule has 198 valence electrons. The van der Waals surface area contributed by atoms with E-state index in [4.69, 9.17) is 25.8 Å². The number of hydrogen-bond donors (Lipinski definition) is 1. The molecule has 0 spiro atoms. The van der Waals surface area contributed by atoms with Crippen LogP contribution < -0.4 is 14.2 Å². The summed E-state index contributed by atoms with van der Waals surface area (Å²) in [7, 11) is 2.86. The predicted molar refractivity (Wildman–Crippen MR) is 150 cm³/mol. The van der Waals surface area contributed by atoms with Crippen molar-refractivity contribution in [2.75, 3.05) is 14.2 Å². The lowest BCUT2D eigenvalue weighted by molar-refractivity contribution is -0.140. The largest absolute Gasteiger partial charge is 0.507 e. The first-order chi connectivity index (χ1) is 18.9. The Morgan fingerprint density at radius 2 is 1.67 bits per heavy atom. The lowest BCUT2D eigenvalue weighted by atomic mass is 9.94. The molecule has 1 aliphatic rings. The van der Waals surface area contributed by atoms with Crippen molar-refractivity contribution in [1.82, 2.24) is 4.90 Å². The van der Waals surface area contributed by atoms with E-state index >= 15 is 0 Å². The second-order valence-corrected chi connectivity index (χ2v) is 10.1. The second-order valence-electron chi connectivity index (χ2n) is 8.68. The van der Waals surface area contributed by atoms with Crippen LogP contribution >= 0.6 is 22.9 Å². The molecule has 39 heavy (non-hydrogen) atoms.